The number of ether oxygens (including phenoxy) is 1. The van der Waals surface area contributed by atoms with Crippen molar-refractivity contribution >= 4 is 11.9 Å². The van der Waals surface area contributed by atoms with Gasteiger partial charge in [-0.3, -0.25) is 4.79 Å². The average molecular weight is 415 g/mol. The van der Waals surface area contributed by atoms with Gasteiger partial charge in [-0.15, -0.1) is 0 Å². The zero-order valence-electron chi connectivity index (χ0n) is 17.3. The molecule has 0 aromatic heterocycles. The minimum absolute atomic E-state index is 0.107. The maximum Gasteiger partial charge on any atom is 0.331 e. The molecule has 4 rings (SSSR count). The van der Waals surface area contributed by atoms with E-state index in [1.165, 1.54) is 0 Å². The van der Waals surface area contributed by atoms with Gasteiger partial charge in [0.25, 0.3) is 0 Å². The molecule has 0 saturated heterocycles. The zero-order valence-corrected chi connectivity index (χ0v) is 17.3. The van der Waals surface area contributed by atoms with Crippen molar-refractivity contribution in [3.8, 4) is 11.1 Å². The molecule has 2 N–H and O–H groups in total. The number of benzene rings is 3. The second-order valence-corrected chi connectivity index (χ2v) is 7.58. The highest BCUT2D eigenvalue weighted by molar-refractivity contribution is 5.88. The molecule has 5 heteroatoms. The lowest BCUT2D eigenvalue weighted by molar-refractivity contribution is -0.151. The van der Waals surface area contributed by atoms with Crippen molar-refractivity contribution in [3.63, 3.8) is 0 Å². The van der Waals surface area contributed by atoms with Gasteiger partial charge in [-0.05, 0) is 34.7 Å². The monoisotopic (exact) mass is 415 g/mol. The van der Waals surface area contributed by atoms with E-state index >= 15 is 0 Å². The number of rotatable bonds is 7. The third-order valence-electron chi connectivity index (χ3n) is 5.67. The minimum Gasteiger partial charge on any atom is -0.464 e. The van der Waals surface area contributed by atoms with Crippen molar-refractivity contribution in [3.05, 3.63) is 95.6 Å². The molecule has 0 aliphatic heterocycles. The van der Waals surface area contributed by atoms with Gasteiger partial charge < -0.3 is 15.2 Å². The predicted octanol–water partition coefficient (Wildman–Crippen LogP) is 3.97. The molecule has 31 heavy (non-hydrogen) atoms. The molecule has 1 aliphatic carbocycles. The molecule has 0 saturated carbocycles. The minimum atomic E-state index is -1.20. The Balaban J connectivity index is 1.56. The Morgan fingerprint density at radius 3 is 2.03 bits per heavy atom. The summed E-state index contributed by atoms with van der Waals surface area (Å²) in [6, 6.07) is 23.7. The Morgan fingerprint density at radius 2 is 1.45 bits per heavy atom. The Bertz CT molecular complexity index is 1030. The lowest BCUT2D eigenvalue weighted by Crippen LogP contribution is -2.46. The van der Waals surface area contributed by atoms with E-state index in [9.17, 15) is 14.7 Å². The summed E-state index contributed by atoms with van der Waals surface area (Å²) in [5, 5.41) is 13.5. The first-order chi connectivity index (χ1) is 15.1. The second kappa shape index (κ2) is 9.14. The first kappa shape index (κ1) is 20.8. The van der Waals surface area contributed by atoms with Crippen molar-refractivity contribution < 1.29 is 19.4 Å². The quantitative estimate of drug-likeness (QED) is 0.573. The van der Waals surface area contributed by atoms with Crippen LogP contribution in [0.4, 0.5) is 0 Å². The molecule has 2 unspecified atom stereocenters. The highest BCUT2D eigenvalue weighted by atomic mass is 16.5. The van der Waals surface area contributed by atoms with Crippen molar-refractivity contribution in [2.75, 3.05) is 6.61 Å². The molecule has 5 nitrogen and oxygen atoms in total. The average Bonchev–Trinajstić information content (AvgIpc) is 3.11. The molecular formula is C26H25NO4. The molecule has 1 aliphatic rings. The number of aliphatic hydroxyl groups is 1. The first-order valence-electron chi connectivity index (χ1n) is 10.5. The van der Waals surface area contributed by atoms with Crippen LogP contribution in [-0.4, -0.2) is 29.6 Å². The molecule has 3 aromatic carbocycles. The van der Waals surface area contributed by atoms with E-state index in [4.69, 9.17) is 4.74 Å². The molecule has 2 atom stereocenters. The fourth-order valence-electron chi connectivity index (χ4n) is 4.24. The van der Waals surface area contributed by atoms with E-state index in [-0.39, 0.29) is 24.9 Å². The van der Waals surface area contributed by atoms with Gasteiger partial charge in [0.2, 0.25) is 5.91 Å². The first-order valence-corrected chi connectivity index (χ1v) is 10.5. The van der Waals surface area contributed by atoms with Crippen LogP contribution in [0.5, 0.6) is 0 Å². The number of hydrogen-bond acceptors (Lipinski definition) is 4. The number of fused-ring (bicyclic) bond motifs is 3. The van der Waals surface area contributed by atoms with E-state index in [2.05, 4.69) is 17.4 Å². The highest BCUT2D eigenvalue weighted by Gasteiger charge is 2.34. The van der Waals surface area contributed by atoms with Gasteiger partial charge in [0.05, 0.1) is 6.61 Å². The van der Waals surface area contributed by atoms with Crippen LogP contribution < -0.4 is 5.32 Å². The van der Waals surface area contributed by atoms with Crippen molar-refractivity contribution in [1.82, 2.24) is 5.32 Å². The lowest BCUT2D eigenvalue weighted by atomic mass is 9.93. The van der Waals surface area contributed by atoms with Gasteiger partial charge in [0.1, 0.15) is 6.10 Å². The van der Waals surface area contributed by atoms with E-state index < -0.39 is 18.1 Å². The molecule has 3 aromatic rings. The summed E-state index contributed by atoms with van der Waals surface area (Å²) in [6.45, 7) is 1.86. The summed E-state index contributed by atoms with van der Waals surface area (Å²) in [6.07, 6.45) is -1.03. The number of hydrogen-bond donors (Lipinski definition) is 2. The molecule has 0 radical (unpaired) electrons. The molecule has 0 spiro atoms. The summed E-state index contributed by atoms with van der Waals surface area (Å²) in [4.78, 5) is 25.6. The van der Waals surface area contributed by atoms with Gasteiger partial charge in [-0.2, -0.15) is 0 Å². The van der Waals surface area contributed by atoms with Crippen molar-refractivity contribution in [2.45, 2.75) is 31.4 Å². The van der Waals surface area contributed by atoms with E-state index in [0.717, 1.165) is 22.3 Å². The summed E-state index contributed by atoms with van der Waals surface area (Å²) in [5.41, 5.74) is 4.98. The van der Waals surface area contributed by atoms with Gasteiger partial charge in [-0.25, -0.2) is 4.79 Å². The van der Waals surface area contributed by atoms with E-state index in [1.807, 2.05) is 42.5 Å². The molecule has 0 bridgehead atoms. The van der Waals surface area contributed by atoms with Crippen LogP contribution in [0.1, 0.15) is 42.1 Å². The van der Waals surface area contributed by atoms with Crippen LogP contribution in [-0.2, 0) is 14.3 Å². The maximum atomic E-state index is 13.0. The molecule has 158 valence electrons. The smallest absolute Gasteiger partial charge is 0.331 e. The van der Waals surface area contributed by atoms with E-state index in [0.29, 0.717) is 5.56 Å². The molecule has 0 fully saturated rings. The number of amides is 1. The number of carbonyl (C=O) groups is 2. The van der Waals surface area contributed by atoms with Crippen LogP contribution >= 0.6 is 0 Å². The molecule has 0 heterocycles. The Hall–Kier alpha value is -3.44. The van der Waals surface area contributed by atoms with Crippen LogP contribution in [0.2, 0.25) is 0 Å². The molecular weight excluding hydrogens is 390 g/mol. The Morgan fingerprint density at radius 1 is 0.903 bits per heavy atom. The Labute approximate surface area is 181 Å². The van der Waals surface area contributed by atoms with Gasteiger partial charge in [0.15, 0.2) is 6.04 Å². The van der Waals surface area contributed by atoms with Gasteiger partial charge in [-0.1, -0.05) is 78.9 Å². The van der Waals surface area contributed by atoms with Crippen LogP contribution in [0.25, 0.3) is 11.1 Å². The summed E-state index contributed by atoms with van der Waals surface area (Å²) < 4.78 is 5.12. The maximum absolute atomic E-state index is 13.0. The predicted molar refractivity (Wildman–Crippen MR) is 118 cm³/mol. The number of carbonyl (C=O) groups excluding carboxylic acids is 2. The third-order valence-corrected chi connectivity index (χ3v) is 5.67. The third kappa shape index (κ3) is 4.23. The zero-order chi connectivity index (χ0) is 21.8. The fraction of sp³-hybridized carbons (Fsp3) is 0.231. The highest BCUT2D eigenvalue weighted by Crippen LogP contribution is 2.46. The fourth-order valence-corrected chi connectivity index (χ4v) is 4.24. The van der Waals surface area contributed by atoms with Crippen molar-refractivity contribution in [1.29, 1.82) is 0 Å². The van der Waals surface area contributed by atoms with Crippen LogP contribution in [0.3, 0.4) is 0 Å². The number of aliphatic hydroxyl groups excluding tert-OH is 1. The summed E-state index contributed by atoms with van der Waals surface area (Å²) >= 11 is 0. The normalized spacial score (nSPS) is 14.3. The lowest BCUT2D eigenvalue weighted by Gasteiger charge is -2.24. The summed E-state index contributed by atoms with van der Waals surface area (Å²) in [7, 11) is 0. The largest absolute Gasteiger partial charge is 0.464 e. The number of esters is 1. The van der Waals surface area contributed by atoms with E-state index in [1.54, 1.807) is 31.2 Å². The van der Waals surface area contributed by atoms with Crippen molar-refractivity contribution in [2.24, 2.45) is 0 Å². The second-order valence-electron chi connectivity index (χ2n) is 7.58. The van der Waals surface area contributed by atoms with Gasteiger partial charge in [0, 0.05) is 12.3 Å². The standard InChI is InChI=1S/C26H25NO4/c1-2-31-26(30)24(25(29)17-10-4-3-5-11-17)27-23(28)16-22-20-14-8-6-12-18(20)19-13-7-9-15-21(19)22/h3-15,22,24-25,29H,2,16H2,1H3,(H,27,28). The van der Waals surface area contributed by atoms with Crippen LogP contribution in [0, 0.1) is 0 Å². The SMILES string of the molecule is CCOC(=O)C(NC(=O)CC1c2ccccc2-c2ccccc21)C(O)c1ccccc1. The number of nitrogens with one attached hydrogen (secondary N) is 1. The Kier molecular flexibility index (Phi) is 6.14. The van der Waals surface area contributed by atoms with Crippen LogP contribution in [0.15, 0.2) is 78.9 Å². The molecule has 1 amide bonds. The summed E-state index contributed by atoms with van der Waals surface area (Å²) in [5.74, 6) is -1.08. The topological polar surface area (TPSA) is 75.6 Å². The van der Waals surface area contributed by atoms with Gasteiger partial charge >= 0.3 is 5.97 Å².